The van der Waals surface area contributed by atoms with E-state index in [4.69, 9.17) is 11.6 Å². The summed E-state index contributed by atoms with van der Waals surface area (Å²) in [6.07, 6.45) is 4.91. The molecule has 0 saturated carbocycles. The van der Waals surface area contributed by atoms with E-state index in [-0.39, 0.29) is 11.9 Å². The summed E-state index contributed by atoms with van der Waals surface area (Å²) in [5, 5.41) is 3.46. The summed E-state index contributed by atoms with van der Waals surface area (Å²) < 4.78 is 0. The molecular formula is C20H29ClN4O2. The molecule has 2 heterocycles. The van der Waals surface area contributed by atoms with Gasteiger partial charge in [0, 0.05) is 30.3 Å². The van der Waals surface area contributed by atoms with Crippen LogP contribution in [0.3, 0.4) is 0 Å². The van der Waals surface area contributed by atoms with E-state index in [1.807, 2.05) is 4.90 Å². The van der Waals surface area contributed by atoms with E-state index in [1.54, 1.807) is 36.1 Å². The molecule has 2 aliphatic rings. The van der Waals surface area contributed by atoms with E-state index in [2.05, 4.69) is 10.2 Å². The summed E-state index contributed by atoms with van der Waals surface area (Å²) in [5.74, 6) is 0.0335. The molecule has 2 fully saturated rings. The normalized spacial score (nSPS) is 21.4. The predicted molar refractivity (Wildman–Crippen MR) is 108 cm³/mol. The molecule has 2 saturated heterocycles. The number of urea groups is 1. The molecule has 0 aromatic heterocycles. The molecule has 1 N–H and O–H groups in total. The Balaban J connectivity index is 1.46. The number of carbonyl (C=O) groups is 2. The number of carbonyl (C=O) groups excluding carboxylic acids is 2. The van der Waals surface area contributed by atoms with Crippen LogP contribution in [-0.4, -0.2) is 71.9 Å². The zero-order valence-corrected chi connectivity index (χ0v) is 16.7. The highest BCUT2D eigenvalue weighted by molar-refractivity contribution is 6.30. The third kappa shape index (κ3) is 5.36. The van der Waals surface area contributed by atoms with Crippen molar-refractivity contribution < 1.29 is 9.59 Å². The maximum absolute atomic E-state index is 12.7. The van der Waals surface area contributed by atoms with Crippen LogP contribution in [0, 0.1) is 0 Å². The van der Waals surface area contributed by atoms with Crippen LogP contribution in [0.1, 0.15) is 32.6 Å². The molecular weight excluding hydrogens is 364 g/mol. The predicted octanol–water partition coefficient (Wildman–Crippen LogP) is 3.28. The van der Waals surface area contributed by atoms with Gasteiger partial charge in [-0.2, -0.15) is 0 Å². The van der Waals surface area contributed by atoms with Gasteiger partial charge in [-0.05, 0) is 70.1 Å². The summed E-state index contributed by atoms with van der Waals surface area (Å²) in [6, 6.07) is 6.28. The number of likely N-dealkylation sites (tertiary alicyclic amines) is 1. The van der Waals surface area contributed by atoms with Gasteiger partial charge in [-0.15, -0.1) is 0 Å². The van der Waals surface area contributed by atoms with Crippen LogP contribution < -0.4 is 5.32 Å². The lowest BCUT2D eigenvalue weighted by molar-refractivity contribution is -0.139. The molecule has 0 bridgehead atoms. The second kappa shape index (κ2) is 9.42. The first-order valence-corrected chi connectivity index (χ1v) is 10.3. The van der Waals surface area contributed by atoms with E-state index in [0.29, 0.717) is 23.8 Å². The summed E-state index contributed by atoms with van der Waals surface area (Å²) in [7, 11) is 0. The minimum Gasteiger partial charge on any atom is -0.339 e. The van der Waals surface area contributed by atoms with Crippen LogP contribution >= 0.6 is 11.6 Å². The minimum atomic E-state index is -0.443. The summed E-state index contributed by atoms with van der Waals surface area (Å²) in [5.41, 5.74) is 0.674. The Hall–Kier alpha value is -1.79. The molecule has 0 unspecified atom stereocenters. The smallest absolute Gasteiger partial charge is 0.322 e. The molecule has 1 atom stereocenters. The fourth-order valence-corrected chi connectivity index (χ4v) is 3.95. The Bertz CT molecular complexity index is 646. The molecule has 1 aromatic carbocycles. The molecule has 148 valence electrons. The number of hydrogen-bond donors (Lipinski definition) is 1. The van der Waals surface area contributed by atoms with Gasteiger partial charge < -0.3 is 20.0 Å². The fourth-order valence-electron chi connectivity index (χ4n) is 3.83. The average molecular weight is 393 g/mol. The molecule has 3 amide bonds. The monoisotopic (exact) mass is 392 g/mol. The number of nitrogens with one attached hydrogen (secondary N) is 1. The van der Waals surface area contributed by atoms with Crippen LogP contribution in [0.25, 0.3) is 0 Å². The van der Waals surface area contributed by atoms with Gasteiger partial charge in [-0.3, -0.25) is 4.79 Å². The number of amides is 3. The SMILES string of the molecule is C[C@H]1C(=O)N(CCCN2CCCCC2)CCN1C(=O)Nc1ccc(Cl)cc1. The fraction of sp³-hybridized carbons (Fsp3) is 0.600. The Labute approximate surface area is 166 Å². The summed E-state index contributed by atoms with van der Waals surface area (Å²) >= 11 is 5.87. The van der Waals surface area contributed by atoms with Crippen molar-refractivity contribution in [3.05, 3.63) is 29.3 Å². The van der Waals surface area contributed by atoms with Gasteiger partial charge in [0.1, 0.15) is 6.04 Å². The molecule has 7 heteroatoms. The third-order valence-electron chi connectivity index (χ3n) is 5.45. The van der Waals surface area contributed by atoms with Crippen molar-refractivity contribution >= 4 is 29.2 Å². The Morgan fingerprint density at radius 2 is 1.78 bits per heavy atom. The Morgan fingerprint density at radius 1 is 1.07 bits per heavy atom. The van der Waals surface area contributed by atoms with Gasteiger partial charge >= 0.3 is 6.03 Å². The van der Waals surface area contributed by atoms with E-state index in [0.717, 1.165) is 19.5 Å². The van der Waals surface area contributed by atoms with E-state index in [9.17, 15) is 9.59 Å². The second-order valence-corrected chi connectivity index (χ2v) is 7.82. The van der Waals surface area contributed by atoms with Crippen LogP contribution in [-0.2, 0) is 4.79 Å². The van der Waals surface area contributed by atoms with Crippen molar-refractivity contribution in [3.63, 3.8) is 0 Å². The number of anilines is 1. The molecule has 2 aliphatic heterocycles. The van der Waals surface area contributed by atoms with Crippen LogP contribution in [0.5, 0.6) is 0 Å². The highest BCUT2D eigenvalue weighted by atomic mass is 35.5. The lowest BCUT2D eigenvalue weighted by Gasteiger charge is -2.39. The molecule has 27 heavy (non-hydrogen) atoms. The van der Waals surface area contributed by atoms with Crippen molar-refractivity contribution in [2.75, 3.05) is 44.6 Å². The number of benzene rings is 1. The summed E-state index contributed by atoms with van der Waals surface area (Å²) in [6.45, 7) is 7.14. The zero-order chi connectivity index (χ0) is 19.2. The lowest BCUT2D eigenvalue weighted by atomic mass is 10.1. The van der Waals surface area contributed by atoms with Crippen molar-refractivity contribution in [2.24, 2.45) is 0 Å². The van der Waals surface area contributed by atoms with Crippen molar-refractivity contribution in [2.45, 2.75) is 38.6 Å². The average Bonchev–Trinajstić information content (AvgIpc) is 2.68. The summed E-state index contributed by atoms with van der Waals surface area (Å²) in [4.78, 5) is 31.2. The van der Waals surface area contributed by atoms with Gasteiger partial charge in [0.25, 0.3) is 0 Å². The van der Waals surface area contributed by atoms with Crippen LogP contribution in [0.4, 0.5) is 10.5 Å². The van der Waals surface area contributed by atoms with E-state index < -0.39 is 6.04 Å². The lowest BCUT2D eigenvalue weighted by Crippen LogP contribution is -2.58. The largest absolute Gasteiger partial charge is 0.339 e. The van der Waals surface area contributed by atoms with Gasteiger partial charge in [0.15, 0.2) is 0 Å². The van der Waals surface area contributed by atoms with Crippen molar-refractivity contribution in [1.29, 1.82) is 0 Å². The number of halogens is 1. The number of nitrogens with zero attached hydrogens (tertiary/aromatic N) is 3. The van der Waals surface area contributed by atoms with Crippen LogP contribution in [0.2, 0.25) is 5.02 Å². The van der Waals surface area contributed by atoms with Crippen molar-refractivity contribution in [3.8, 4) is 0 Å². The number of piperidine rings is 1. The van der Waals surface area contributed by atoms with Gasteiger partial charge in [-0.1, -0.05) is 18.0 Å². The maximum atomic E-state index is 12.7. The molecule has 1 aromatic rings. The standard InChI is InChI=1S/C20H29ClN4O2/c1-16-19(26)24(13-5-12-23-10-3-2-4-11-23)14-15-25(16)20(27)22-18-8-6-17(21)7-9-18/h6-9,16H,2-5,10-15H2,1H3,(H,22,27)/t16-/m0/s1. The second-order valence-electron chi connectivity index (χ2n) is 7.39. The van der Waals surface area contributed by atoms with E-state index >= 15 is 0 Å². The maximum Gasteiger partial charge on any atom is 0.322 e. The number of rotatable bonds is 5. The highest BCUT2D eigenvalue weighted by Gasteiger charge is 2.34. The molecule has 0 spiro atoms. The number of hydrogen-bond acceptors (Lipinski definition) is 3. The topological polar surface area (TPSA) is 55.9 Å². The first kappa shape index (κ1) is 20.0. The zero-order valence-electron chi connectivity index (χ0n) is 16.0. The molecule has 6 nitrogen and oxygen atoms in total. The van der Waals surface area contributed by atoms with Crippen LogP contribution in [0.15, 0.2) is 24.3 Å². The first-order chi connectivity index (χ1) is 13.0. The molecule has 3 rings (SSSR count). The van der Waals surface area contributed by atoms with Gasteiger partial charge in [-0.25, -0.2) is 4.79 Å². The van der Waals surface area contributed by atoms with Gasteiger partial charge in [0.05, 0.1) is 0 Å². The quantitative estimate of drug-likeness (QED) is 0.836. The minimum absolute atomic E-state index is 0.0335. The Kier molecular flexibility index (Phi) is 6.96. The van der Waals surface area contributed by atoms with E-state index in [1.165, 1.54) is 32.4 Å². The highest BCUT2D eigenvalue weighted by Crippen LogP contribution is 2.17. The molecule has 0 aliphatic carbocycles. The van der Waals surface area contributed by atoms with Crippen molar-refractivity contribution in [1.82, 2.24) is 14.7 Å². The van der Waals surface area contributed by atoms with Gasteiger partial charge in [0.2, 0.25) is 5.91 Å². The Morgan fingerprint density at radius 3 is 2.48 bits per heavy atom. The third-order valence-corrected chi connectivity index (χ3v) is 5.71. The first-order valence-electron chi connectivity index (χ1n) is 9.89. The number of piperazine rings is 1. The molecule has 0 radical (unpaired) electrons.